The van der Waals surface area contributed by atoms with Crippen LogP contribution in [0.3, 0.4) is 0 Å². The monoisotopic (exact) mass is 236 g/mol. The number of nitrogens with zero attached hydrogens (tertiary/aromatic N) is 2. The molecule has 4 heteroatoms. The molecule has 2 rings (SSSR count). The first kappa shape index (κ1) is 12.3. The average Bonchev–Trinajstić information content (AvgIpc) is 2.40. The third kappa shape index (κ3) is 3.98. The molecule has 0 radical (unpaired) electrons. The van der Waals surface area contributed by atoms with Gasteiger partial charge in [0.05, 0.1) is 6.61 Å². The molecule has 1 aliphatic heterocycles. The Hall–Kier alpha value is -1.13. The van der Waals surface area contributed by atoms with Gasteiger partial charge in [-0.25, -0.2) is 4.98 Å². The molecule has 2 heterocycles. The molecule has 0 bridgehead atoms. The topological polar surface area (TPSA) is 45.6 Å². The maximum Gasteiger partial charge on any atom is 0.213 e. The van der Waals surface area contributed by atoms with Gasteiger partial charge in [-0.15, -0.1) is 0 Å². The maximum atomic E-state index is 9.00. The molecule has 1 aromatic rings. The molecule has 0 spiro atoms. The van der Waals surface area contributed by atoms with Crippen LogP contribution in [0.4, 0.5) is 0 Å². The van der Waals surface area contributed by atoms with Crippen molar-refractivity contribution in [3.05, 3.63) is 23.9 Å². The molecular formula is C13H20N2O2. The molecule has 0 atom stereocenters. The summed E-state index contributed by atoms with van der Waals surface area (Å²) in [7, 11) is 0. The van der Waals surface area contributed by atoms with Crippen LogP contribution in [0.5, 0.6) is 5.88 Å². The predicted octanol–water partition coefficient (Wildman–Crippen LogP) is 1.44. The second-order valence-corrected chi connectivity index (χ2v) is 4.41. The van der Waals surface area contributed by atoms with E-state index in [1.54, 1.807) is 18.3 Å². The van der Waals surface area contributed by atoms with Crippen molar-refractivity contribution in [2.45, 2.75) is 25.9 Å². The fourth-order valence-electron chi connectivity index (χ4n) is 2.09. The molecule has 1 saturated heterocycles. The Morgan fingerprint density at radius 3 is 2.88 bits per heavy atom. The van der Waals surface area contributed by atoms with Crippen molar-refractivity contribution in [1.82, 2.24) is 9.88 Å². The standard InChI is InChI=1S/C13H20N2O2/c16-11-12-4-5-14-13(10-12)17-9-8-15-6-2-1-3-7-15/h4-5,10,16H,1-3,6-9,11H2. The Bertz CT molecular complexity index is 338. The SMILES string of the molecule is OCc1ccnc(OCCN2CCCCC2)c1. The molecule has 4 nitrogen and oxygen atoms in total. The maximum absolute atomic E-state index is 9.00. The molecule has 0 amide bonds. The largest absolute Gasteiger partial charge is 0.476 e. The number of ether oxygens (including phenoxy) is 1. The van der Waals surface area contributed by atoms with E-state index in [0.29, 0.717) is 12.5 Å². The lowest BCUT2D eigenvalue weighted by Crippen LogP contribution is -2.33. The third-order valence-corrected chi connectivity index (χ3v) is 3.09. The van der Waals surface area contributed by atoms with Crippen LogP contribution in [0.1, 0.15) is 24.8 Å². The van der Waals surface area contributed by atoms with Gasteiger partial charge in [-0.1, -0.05) is 6.42 Å². The van der Waals surface area contributed by atoms with E-state index in [2.05, 4.69) is 9.88 Å². The summed E-state index contributed by atoms with van der Waals surface area (Å²) in [5.74, 6) is 0.605. The minimum Gasteiger partial charge on any atom is -0.476 e. The number of hydrogen-bond acceptors (Lipinski definition) is 4. The van der Waals surface area contributed by atoms with Crippen molar-refractivity contribution in [3.8, 4) is 5.88 Å². The molecule has 1 N–H and O–H groups in total. The Morgan fingerprint density at radius 1 is 1.29 bits per heavy atom. The zero-order valence-electron chi connectivity index (χ0n) is 10.1. The van der Waals surface area contributed by atoms with Gasteiger partial charge in [0.1, 0.15) is 6.61 Å². The van der Waals surface area contributed by atoms with Crippen LogP contribution in [0, 0.1) is 0 Å². The normalized spacial score (nSPS) is 17.0. The highest BCUT2D eigenvalue weighted by Gasteiger charge is 2.09. The van der Waals surface area contributed by atoms with E-state index in [9.17, 15) is 0 Å². The smallest absolute Gasteiger partial charge is 0.213 e. The Morgan fingerprint density at radius 2 is 2.12 bits per heavy atom. The van der Waals surface area contributed by atoms with Crippen molar-refractivity contribution < 1.29 is 9.84 Å². The lowest BCUT2D eigenvalue weighted by molar-refractivity contribution is 0.180. The molecular weight excluding hydrogens is 216 g/mol. The van der Waals surface area contributed by atoms with Crippen molar-refractivity contribution in [3.63, 3.8) is 0 Å². The van der Waals surface area contributed by atoms with Gasteiger partial charge in [0.15, 0.2) is 0 Å². The molecule has 94 valence electrons. The minimum absolute atomic E-state index is 0.0327. The van der Waals surface area contributed by atoms with Crippen LogP contribution < -0.4 is 4.74 Å². The van der Waals surface area contributed by atoms with E-state index in [4.69, 9.17) is 9.84 Å². The first-order valence-corrected chi connectivity index (χ1v) is 6.29. The molecule has 0 saturated carbocycles. The summed E-state index contributed by atoms with van der Waals surface area (Å²) in [4.78, 5) is 6.55. The predicted molar refractivity (Wildman–Crippen MR) is 65.9 cm³/mol. The zero-order valence-corrected chi connectivity index (χ0v) is 10.1. The number of likely N-dealkylation sites (tertiary alicyclic amines) is 1. The summed E-state index contributed by atoms with van der Waals surface area (Å²) in [6.45, 7) is 4.04. The van der Waals surface area contributed by atoms with Crippen LogP contribution >= 0.6 is 0 Å². The van der Waals surface area contributed by atoms with Gasteiger partial charge in [-0.3, -0.25) is 4.90 Å². The fourth-order valence-corrected chi connectivity index (χ4v) is 2.09. The Labute approximate surface area is 102 Å². The minimum atomic E-state index is 0.0327. The lowest BCUT2D eigenvalue weighted by Gasteiger charge is -2.26. The number of pyridine rings is 1. The lowest BCUT2D eigenvalue weighted by atomic mass is 10.1. The van der Waals surface area contributed by atoms with Crippen molar-refractivity contribution in [1.29, 1.82) is 0 Å². The van der Waals surface area contributed by atoms with E-state index >= 15 is 0 Å². The van der Waals surface area contributed by atoms with Crippen LogP contribution in [0.2, 0.25) is 0 Å². The summed E-state index contributed by atoms with van der Waals surface area (Å²) < 4.78 is 5.59. The van der Waals surface area contributed by atoms with Gasteiger partial charge in [0.2, 0.25) is 5.88 Å². The first-order valence-electron chi connectivity index (χ1n) is 6.29. The van der Waals surface area contributed by atoms with Gasteiger partial charge in [0.25, 0.3) is 0 Å². The van der Waals surface area contributed by atoms with Crippen molar-refractivity contribution in [2.75, 3.05) is 26.2 Å². The highest BCUT2D eigenvalue weighted by molar-refractivity contribution is 5.19. The van der Waals surface area contributed by atoms with Crippen LogP contribution in [0.15, 0.2) is 18.3 Å². The highest BCUT2D eigenvalue weighted by Crippen LogP contribution is 2.10. The molecule has 1 aromatic heterocycles. The van der Waals surface area contributed by atoms with E-state index in [1.807, 2.05) is 0 Å². The number of aromatic nitrogens is 1. The van der Waals surface area contributed by atoms with Crippen LogP contribution in [-0.2, 0) is 6.61 Å². The van der Waals surface area contributed by atoms with Gasteiger partial charge < -0.3 is 9.84 Å². The van der Waals surface area contributed by atoms with Crippen molar-refractivity contribution >= 4 is 0 Å². The summed E-state index contributed by atoms with van der Waals surface area (Å²) in [5.41, 5.74) is 0.841. The number of aliphatic hydroxyl groups excluding tert-OH is 1. The second kappa shape index (κ2) is 6.57. The summed E-state index contributed by atoms with van der Waals surface area (Å²) in [6, 6.07) is 3.58. The fraction of sp³-hybridized carbons (Fsp3) is 0.615. The highest BCUT2D eigenvalue weighted by atomic mass is 16.5. The molecule has 1 aliphatic rings. The van der Waals surface area contributed by atoms with E-state index in [0.717, 1.165) is 12.1 Å². The second-order valence-electron chi connectivity index (χ2n) is 4.41. The van der Waals surface area contributed by atoms with Gasteiger partial charge in [-0.05, 0) is 37.6 Å². The first-order chi connectivity index (χ1) is 8.38. The quantitative estimate of drug-likeness (QED) is 0.840. The van der Waals surface area contributed by atoms with Crippen LogP contribution in [0.25, 0.3) is 0 Å². The summed E-state index contributed by atoms with van der Waals surface area (Å²) in [5, 5.41) is 9.00. The van der Waals surface area contributed by atoms with Crippen LogP contribution in [-0.4, -0.2) is 41.2 Å². The van der Waals surface area contributed by atoms with Gasteiger partial charge in [0, 0.05) is 18.8 Å². The number of hydrogen-bond donors (Lipinski definition) is 1. The van der Waals surface area contributed by atoms with Gasteiger partial charge in [-0.2, -0.15) is 0 Å². The molecule has 0 aromatic carbocycles. The molecule has 0 unspecified atom stereocenters. The van der Waals surface area contributed by atoms with E-state index in [1.165, 1.54) is 32.4 Å². The van der Waals surface area contributed by atoms with Crippen molar-refractivity contribution in [2.24, 2.45) is 0 Å². The Kier molecular flexibility index (Phi) is 4.76. The summed E-state index contributed by atoms with van der Waals surface area (Å²) in [6.07, 6.45) is 5.63. The number of rotatable bonds is 5. The molecule has 1 fully saturated rings. The summed E-state index contributed by atoms with van der Waals surface area (Å²) >= 11 is 0. The average molecular weight is 236 g/mol. The van der Waals surface area contributed by atoms with E-state index < -0.39 is 0 Å². The zero-order chi connectivity index (χ0) is 11.9. The number of aliphatic hydroxyl groups is 1. The molecule has 0 aliphatic carbocycles. The number of piperidine rings is 1. The third-order valence-electron chi connectivity index (χ3n) is 3.09. The van der Waals surface area contributed by atoms with Gasteiger partial charge >= 0.3 is 0 Å². The Balaban J connectivity index is 1.73. The van der Waals surface area contributed by atoms with E-state index in [-0.39, 0.29) is 6.61 Å². The molecule has 17 heavy (non-hydrogen) atoms.